The van der Waals surface area contributed by atoms with Crippen LogP contribution >= 0.6 is 11.6 Å². The molecule has 0 saturated carbocycles. The second kappa shape index (κ2) is 9.53. The molecule has 2 aliphatic rings. The number of likely N-dealkylation sites (tertiary alicyclic amines) is 1. The van der Waals surface area contributed by atoms with Gasteiger partial charge in [-0.3, -0.25) is 9.36 Å². The minimum atomic E-state index is -0.991. The van der Waals surface area contributed by atoms with E-state index in [1.54, 1.807) is 47.0 Å². The van der Waals surface area contributed by atoms with Crippen molar-refractivity contribution in [3.05, 3.63) is 75.2 Å². The molecule has 1 aromatic heterocycles. The van der Waals surface area contributed by atoms with Crippen molar-refractivity contribution in [1.82, 2.24) is 9.88 Å². The Morgan fingerprint density at radius 3 is 2.29 bits per heavy atom. The summed E-state index contributed by atoms with van der Waals surface area (Å²) >= 11 is 6.14. The number of carboxylic acid groups (broad SMARTS) is 1. The van der Waals surface area contributed by atoms with E-state index in [1.807, 2.05) is 6.07 Å². The Bertz CT molecular complexity index is 1260. The van der Waals surface area contributed by atoms with Gasteiger partial charge in [0.15, 0.2) is 0 Å². The predicted molar refractivity (Wildman–Crippen MR) is 135 cm³/mol. The topological polar surface area (TPSA) is 71.3 Å². The second-order valence-electron chi connectivity index (χ2n) is 9.66. The van der Waals surface area contributed by atoms with Crippen LogP contribution in [0, 0.1) is 0 Å². The van der Waals surface area contributed by atoms with Gasteiger partial charge in [0.1, 0.15) is 6.54 Å². The molecule has 2 aliphatic heterocycles. The highest BCUT2D eigenvalue weighted by molar-refractivity contribution is 6.30. The van der Waals surface area contributed by atoms with Crippen LogP contribution in [-0.4, -0.2) is 52.3 Å². The second-order valence-corrected chi connectivity index (χ2v) is 10.1. The van der Waals surface area contributed by atoms with E-state index in [0.29, 0.717) is 39.8 Å². The van der Waals surface area contributed by atoms with E-state index in [1.165, 1.54) is 6.42 Å². The number of fused-ring (bicyclic) bond motifs is 1. The van der Waals surface area contributed by atoms with Crippen molar-refractivity contribution in [3.8, 4) is 5.69 Å². The lowest BCUT2D eigenvalue weighted by Crippen LogP contribution is -2.60. The highest BCUT2D eigenvalue weighted by atomic mass is 35.5. The predicted octanol–water partition coefficient (Wildman–Crippen LogP) is 4.60. The summed E-state index contributed by atoms with van der Waals surface area (Å²) in [6, 6.07) is 14.7. The molecule has 2 N–H and O–H groups in total. The first-order valence-corrected chi connectivity index (χ1v) is 12.6. The average molecular weight is 481 g/mol. The van der Waals surface area contributed by atoms with E-state index in [-0.39, 0.29) is 11.1 Å². The number of hydrogen-bond donors (Lipinski definition) is 2. The van der Waals surface area contributed by atoms with Crippen LogP contribution in [0.2, 0.25) is 5.02 Å². The van der Waals surface area contributed by atoms with E-state index >= 15 is 0 Å². The van der Waals surface area contributed by atoms with Crippen molar-refractivity contribution < 1.29 is 14.4 Å². The maximum absolute atomic E-state index is 13.9. The molecule has 6 nitrogen and oxygen atoms in total. The third-order valence-electron chi connectivity index (χ3n) is 7.74. The van der Waals surface area contributed by atoms with E-state index in [0.717, 1.165) is 56.3 Å². The van der Waals surface area contributed by atoms with Crippen LogP contribution in [-0.2, 0) is 6.54 Å². The summed E-state index contributed by atoms with van der Waals surface area (Å²) in [6.07, 6.45) is 5.61. The Hall–Kier alpha value is -2.67. The minimum Gasteiger partial charge on any atom is -0.478 e. The van der Waals surface area contributed by atoms with Crippen LogP contribution < -0.4 is 10.9 Å². The number of nitrogens with one attached hydrogen (secondary N) is 1. The Kier molecular flexibility index (Phi) is 6.47. The molecular formula is C27H31ClN3O3+. The molecule has 0 bridgehead atoms. The monoisotopic (exact) mass is 480 g/mol. The molecule has 34 heavy (non-hydrogen) atoms. The molecule has 5 rings (SSSR count). The van der Waals surface area contributed by atoms with Crippen molar-refractivity contribution in [2.24, 2.45) is 0 Å². The molecule has 0 spiro atoms. The van der Waals surface area contributed by atoms with Gasteiger partial charge in [0.2, 0.25) is 0 Å². The molecular weight excluding hydrogens is 450 g/mol. The molecule has 2 saturated heterocycles. The molecule has 7 heteroatoms. The molecule has 3 heterocycles. The number of aromatic carboxylic acids is 1. The SMILES string of the molecule is O=C(O)c1c(C[N+]2(C3CCNCC3)CCCCC2)n(-c2ccc(Cl)cc2)c(=O)c2ccccc12. The molecule has 3 aromatic rings. The van der Waals surface area contributed by atoms with E-state index < -0.39 is 5.97 Å². The minimum absolute atomic E-state index is 0.182. The quantitative estimate of drug-likeness (QED) is 0.524. The smallest absolute Gasteiger partial charge is 0.338 e. The normalized spacial score (nSPS) is 18.7. The van der Waals surface area contributed by atoms with Gasteiger partial charge in [-0.05, 0) is 49.6 Å². The molecule has 0 unspecified atom stereocenters. The van der Waals surface area contributed by atoms with Gasteiger partial charge in [0, 0.05) is 47.4 Å². The number of benzene rings is 2. The number of piperidine rings is 2. The lowest BCUT2D eigenvalue weighted by atomic mass is 9.94. The standard InChI is InChI=1S/C27H30ClN3O3/c28-19-8-10-20(11-9-19)30-24(25(27(33)34)22-6-2-3-7-23(22)26(30)32)18-31(16-4-1-5-17-31)21-12-14-29-15-13-21/h2-3,6-11,21,29H,1,4-5,12-18H2/p+1. The summed E-state index contributed by atoms with van der Waals surface area (Å²) in [7, 11) is 0. The van der Waals surface area contributed by atoms with E-state index in [9.17, 15) is 14.7 Å². The summed E-state index contributed by atoms with van der Waals surface area (Å²) < 4.78 is 2.49. The first kappa shape index (κ1) is 23.1. The van der Waals surface area contributed by atoms with Gasteiger partial charge in [-0.1, -0.05) is 29.8 Å². The summed E-state index contributed by atoms with van der Waals surface area (Å²) in [5.74, 6) is -0.991. The largest absolute Gasteiger partial charge is 0.478 e. The molecule has 0 aliphatic carbocycles. The first-order valence-electron chi connectivity index (χ1n) is 12.2. The van der Waals surface area contributed by atoms with Crippen molar-refractivity contribution in [2.45, 2.75) is 44.7 Å². The van der Waals surface area contributed by atoms with Gasteiger partial charge in [-0.2, -0.15) is 0 Å². The van der Waals surface area contributed by atoms with Crippen molar-refractivity contribution in [1.29, 1.82) is 0 Å². The van der Waals surface area contributed by atoms with Gasteiger partial charge in [-0.25, -0.2) is 4.79 Å². The summed E-state index contributed by atoms with van der Waals surface area (Å²) in [4.78, 5) is 26.6. The first-order chi connectivity index (χ1) is 16.5. The fourth-order valence-electron chi connectivity index (χ4n) is 6.10. The Balaban J connectivity index is 1.78. The van der Waals surface area contributed by atoms with Crippen molar-refractivity contribution in [3.63, 3.8) is 0 Å². The third kappa shape index (κ3) is 4.15. The zero-order chi connectivity index (χ0) is 23.7. The van der Waals surface area contributed by atoms with Gasteiger partial charge in [0.05, 0.1) is 30.4 Å². The maximum Gasteiger partial charge on any atom is 0.338 e. The molecule has 0 atom stereocenters. The van der Waals surface area contributed by atoms with Crippen LogP contribution in [0.5, 0.6) is 0 Å². The molecule has 2 fully saturated rings. The van der Waals surface area contributed by atoms with Crippen LogP contribution in [0.3, 0.4) is 0 Å². The number of nitrogens with zero attached hydrogens (tertiary/aromatic N) is 2. The number of pyridine rings is 1. The lowest BCUT2D eigenvalue weighted by molar-refractivity contribution is -0.968. The van der Waals surface area contributed by atoms with Gasteiger partial charge < -0.3 is 14.9 Å². The molecule has 0 amide bonds. The van der Waals surface area contributed by atoms with Gasteiger partial charge >= 0.3 is 5.97 Å². The fourth-order valence-corrected chi connectivity index (χ4v) is 6.22. The Labute approximate surface area is 204 Å². The van der Waals surface area contributed by atoms with E-state index in [4.69, 9.17) is 11.6 Å². The maximum atomic E-state index is 13.9. The zero-order valence-corrected chi connectivity index (χ0v) is 20.1. The van der Waals surface area contributed by atoms with E-state index in [2.05, 4.69) is 5.32 Å². The highest BCUT2D eigenvalue weighted by Gasteiger charge is 2.41. The number of aromatic nitrogens is 1. The van der Waals surface area contributed by atoms with Crippen molar-refractivity contribution in [2.75, 3.05) is 26.2 Å². The molecule has 2 aromatic carbocycles. The van der Waals surface area contributed by atoms with Gasteiger partial charge in [0.25, 0.3) is 5.56 Å². The van der Waals surface area contributed by atoms with Crippen LogP contribution in [0.1, 0.15) is 48.2 Å². The van der Waals surface area contributed by atoms with Crippen molar-refractivity contribution >= 4 is 28.3 Å². The Morgan fingerprint density at radius 2 is 1.65 bits per heavy atom. The number of halogens is 1. The fraction of sp³-hybridized carbons (Fsp3) is 0.407. The van der Waals surface area contributed by atoms with Crippen LogP contribution in [0.25, 0.3) is 16.5 Å². The third-order valence-corrected chi connectivity index (χ3v) is 7.99. The number of carbonyl (C=O) groups is 1. The zero-order valence-electron chi connectivity index (χ0n) is 19.3. The number of quaternary nitrogens is 1. The number of hydrogen-bond acceptors (Lipinski definition) is 3. The van der Waals surface area contributed by atoms with Crippen LogP contribution in [0.4, 0.5) is 0 Å². The number of rotatable bonds is 5. The Morgan fingerprint density at radius 1 is 1.00 bits per heavy atom. The molecule has 178 valence electrons. The summed E-state index contributed by atoms with van der Waals surface area (Å²) in [6.45, 7) is 4.54. The van der Waals surface area contributed by atoms with Crippen LogP contribution in [0.15, 0.2) is 53.3 Å². The summed E-state index contributed by atoms with van der Waals surface area (Å²) in [5, 5.41) is 15.4. The van der Waals surface area contributed by atoms with Gasteiger partial charge in [-0.15, -0.1) is 0 Å². The number of carboxylic acids is 1. The summed E-state index contributed by atoms with van der Waals surface area (Å²) in [5.41, 5.74) is 1.30. The average Bonchev–Trinajstić information content (AvgIpc) is 2.86. The lowest BCUT2D eigenvalue weighted by Gasteiger charge is -2.49. The highest BCUT2D eigenvalue weighted by Crippen LogP contribution is 2.33. The molecule has 0 radical (unpaired) electrons.